The molecule has 1 aliphatic carbocycles. The Kier molecular flexibility index (Phi) is 3.07. The van der Waals surface area contributed by atoms with E-state index < -0.39 is 0 Å². The van der Waals surface area contributed by atoms with E-state index in [9.17, 15) is 9.59 Å². The zero-order chi connectivity index (χ0) is 10.0. The zero-order valence-electron chi connectivity index (χ0n) is 8.37. The van der Waals surface area contributed by atoms with Gasteiger partial charge in [-0.25, -0.2) is 0 Å². The molecule has 0 aromatic carbocycles. The Labute approximate surface area is 78.5 Å². The van der Waals surface area contributed by atoms with Crippen LogP contribution in [-0.2, 0) is 14.3 Å². The molecule has 3 atom stereocenters. The van der Waals surface area contributed by atoms with E-state index in [4.69, 9.17) is 4.74 Å². The second-order valence-corrected chi connectivity index (χ2v) is 3.82. The Morgan fingerprint density at radius 1 is 1.31 bits per heavy atom. The van der Waals surface area contributed by atoms with Crippen molar-refractivity contribution >= 4 is 11.8 Å². The second-order valence-electron chi connectivity index (χ2n) is 3.82. The number of ketones is 1. The number of methoxy groups -OCH3 is 1. The van der Waals surface area contributed by atoms with E-state index in [1.54, 1.807) is 6.92 Å². The van der Waals surface area contributed by atoms with Crippen LogP contribution in [0.4, 0.5) is 0 Å². The van der Waals surface area contributed by atoms with E-state index in [0.717, 1.165) is 12.8 Å². The van der Waals surface area contributed by atoms with Crippen LogP contribution in [0.1, 0.15) is 26.7 Å². The largest absolute Gasteiger partial charge is 0.469 e. The molecule has 3 heteroatoms. The minimum absolute atomic E-state index is 0.109. The molecule has 0 saturated heterocycles. The standard InChI is InChI=1S/C10H16O3/c1-6-4-5-8(7(2)11)9(6)10(12)13-3/h6,8-9H,4-5H2,1-3H3/t6-,8+,9+/m0/s1. The van der Waals surface area contributed by atoms with E-state index in [1.165, 1.54) is 7.11 Å². The molecule has 0 unspecified atom stereocenters. The van der Waals surface area contributed by atoms with Crippen LogP contribution < -0.4 is 0 Å². The number of rotatable bonds is 2. The van der Waals surface area contributed by atoms with Crippen molar-refractivity contribution in [3.63, 3.8) is 0 Å². The van der Waals surface area contributed by atoms with Crippen molar-refractivity contribution in [1.82, 2.24) is 0 Å². The van der Waals surface area contributed by atoms with Crippen LogP contribution in [0.2, 0.25) is 0 Å². The molecule has 0 N–H and O–H groups in total. The number of ether oxygens (including phenoxy) is 1. The Morgan fingerprint density at radius 3 is 2.38 bits per heavy atom. The maximum atomic E-state index is 11.4. The third-order valence-electron chi connectivity index (χ3n) is 2.98. The maximum Gasteiger partial charge on any atom is 0.309 e. The highest BCUT2D eigenvalue weighted by atomic mass is 16.5. The number of carbonyl (C=O) groups is 2. The first-order valence-corrected chi connectivity index (χ1v) is 4.66. The van der Waals surface area contributed by atoms with Crippen LogP contribution in [0.5, 0.6) is 0 Å². The van der Waals surface area contributed by atoms with E-state index in [0.29, 0.717) is 0 Å². The maximum absolute atomic E-state index is 11.4. The lowest BCUT2D eigenvalue weighted by Gasteiger charge is -2.17. The van der Waals surface area contributed by atoms with Gasteiger partial charge in [-0.05, 0) is 25.7 Å². The monoisotopic (exact) mass is 184 g/mol. The van der Waals surface area contributed by atoms with Gasteiger partial charge in [0.1, 0.15) is 5.78 Å². The first-order chi connectivity index (χ1) is 6.07. The molecule has 0 radical (unpaired) electrons. The van der Waals surface area contributed by atoms with Gasteiger partial charge in [-0.1, -0.05) is 6.92 Å². The number of esters is 1. The van der Waals surface area contributed by atoms with E-state index >= 15 is 0 Å². The molecule has 3 nitrogen and oxygen atoms in total. The van der Waals surface area contributed by atoms with Crippen molar-refractivity contribution in [3.05, 3.63) is 0 Å². The van der Waals surface area contributed by atoms with Crippen molar-refractivity contribution in [2.45, 2.75) is 26.7 Å². The van der Waals surface area contributed by atoms with Crippen LogP contribution >= 0.6 is 0 Å². The van der Waals surface area contributed by atoms with Crippen molar-refractivity contribution in [2.24, 2.45) is 17.8 Å². The fourth-order valence-electron chi connectivity index (χ4n) is 2.19. The molecular formula is C10H16O3. The average Bonchev–Trinajstić information content (AvgIpc) is 2.46. The summed E-state index contributed by atoms with van der Waals surface area (Å²) in [6.07, 6.45) is 1.78. The summed E-state index contributed by atoms with van der Waals surface area (Å²) in [6.45, 7) is 3.56. The van der Waals surface area contributed by atoms with Gasteiger partial charge >= 0.3 is 5.97 Å². The van der Waals surface area contributed by atoms with Gasteiger partial charge in [-0.3, -0.25) is 9.59 Å². The number of carbonyl (C=O) groups excluding carboxylic acids is 2. The minimum atomic E-state index is -0.231. The highest BCUT2D eigenvalue weighted by molar-refractivity contribution is 5.85. The fourth-order valence-corrected chi connectivity index (χ4v) is 2.19. The van der Waals surface area contributed by atoms with Crippen LogP contribution in [0.25, 0.3) is 0 Å². The molecule has 0 bridgehead atoms. The Hall–Kier alpha value is -0.860. The zero-order valence-corrected chi connectivity index (χ0v) is 8.37. The lowest BCUT2D eigenvalue weighted by Crippen LogP contribution is -2.28. The molecule has 1 fully saturated rings. The van der Waals surface area contributed by atoms with Crippen molar-refractivity contribution in [2.75, 3.05) is 7.11 Å². The van der Waals surface area contributed by atoms with E-state index in [2.05, 4.69) is 0 Å². The number of hydrogen-bond acceptors (Lipinski definition) is 3. The fraction of sp³-hybridized carbons (Fsp3) is 0.800. The summed E-state index contributed by atoms with van der Waals surface area (Å²) in [5.41, 5.74) is 0. The van der Waals surface area contributed by atoms with Gasteiger partial charge < -0.3 is 4.74 Å². The SMILES string of the molecule is COC(=O)[C@H]1[C@@H](C(C)=O)CC[C@@H]1C. The summed E-state index contributed by atoms with van der Waals surface area (Å²) in [5, 5.41) is 0. The van der Waals surface area contributed by atoms with E-state index in [1.807, 2.05) is 6.92 Å². The van der Waals surface area contributed by atoms with Gasteiger partial charge in [0.25, 0.3) is 0 Å². The second kappa shape index (κ2) is 3.90. The molecule has 1 rings (SSSR count). The minimum Gasteiger partial charge on any atom is -0.469 e. The van der Waals surface area contributed by atoms with Crippen LogP contribution in [0, 0.1) is 17.8 Å². The molecule has 0 aromatic rings. The molecule has 1 saturated carbocycles. The predicted molar refractivity (Wildman–Crippen MR) is 48.1 cm³/mol. The van der Waals surface area contributed by atoms with Gasteiger partial charge in [0.05, 0.1) is 13.0 Å². The average molecular weight is 184 g/mol. The summed E-state index contributed by atoms with van der Waals surface area (Å²) < 4.78 is 4.69. The quantitative estimate of drug-likeness (QED) is 0.609. The highest BCUT2D eigenvalue weighted by Crippen LogP contribution is 2.37. The Balaban J connectivity index is 2.76. The smallest absolute Gasteiger partial charge is 0.309 e. The molecule has 0 aliphatic heterocycles. The van der Waals surface area contributed by atoms with Gasteiger partial charge in [0, 0.05) is 5.92 Å². The molecular weight excluding hydrogens is 168 g/mol. The van der Waals surface area contributed by atoms with Crippen molar-refractivity contribution < 1.29 is 14.3 Å². The summed E-state index contributed by atoms with van der Waals surface area (Å²) in [7, 11) is 1.38. The lowest BCUT2D eigenvalue weighted by atomic mass is 9.88. The summed E-state index contributed by atoms with van der Waals surface area (Å²) in [4.78, 5) is 22.6. The van der Waals surface area contributed by atoms with Crippen molar-refractivity contribution in [1.29, 1.82) is 0 Å². The molecule has 13 heavy (non-hydrogen) atoms. The molecule has 0 aromatic heterocycles. The Morgan fingerprint density at radius 2 is 1.92 bits per heavy atom. The summed E-state index contributed by atoms with van der Waals surface area (Å²) in [6, 6.07) is 0. The molecule has 0 heterocycles. The lowest BCUT2D eigenvalue weighted by molar-refractivity contribution is -0.150. The molecule has 0 spiro atoms. The third-order valence-corrected chi connectivity index (χ3v) is 2.98. The highest BCUT2D eigenvalue weighted by Gasteiger charge is 2.41. The first-order valence-electron chi connectivity index (χ1n) is 4.66. The topological polar surface area (TPSA) is 43.4 Å². The summed E-state index contributed by atoms with van der Waals surface area (Å²) >= 11 is 0. The van der Waals surface area contributed by atoms with E-state index in [-0.39, 0.29) is 29.5 Å². The summed E-state index contributed by atoms with van der Waals surface area (Å²) in [5.74, 6) is -0.156. The van der Waals surface area contributed by atoms with Gasteiger partial charge in [-0.15, -0.1) is 0 Å². The predicted octanol–water partition coefficient (Wildman–Crippen LogP) is 1.41. The van der Waals surface area contributed by atoms with Gasteiger partial charge in [0.15, 0.2) is 0 Å². The third kappa shape index (κ3) is 1.90. The molecule has 0 amide bonds. The molecule has 1 aliphatic rings. The normalized spacial score (nSPS) is 33.0. The van der Waals surface area contributed by atoms with Gasteiger partial charge in [-0.2, -0.15) is 0 Å². The Bertz CT molecular complexity index is 222. The van der Waals surface area contributed by atoms with Crippen LogP contribution in [0.15, 0.2) is 0 Å². The molecule has 74 valence electrons. The van der Waals surface area contributed by atoms with Crippen molar-refractivity contribution in [3.8, 4) is 0 Å². The van der Waals surface area contributed by atoms with Gasteiger partial charge in [0.2, 0.25) is 0 Å². The number of Topliss-reactive ketones (excluding diaryl/α,β-unsaturated/α-hetero) is 1. The number of hydrogen-bond donors (Lipinski definition) is 0. The van der Waals surface area contributed by atoms with Crippen LogP contribution in [0.3, 0.4) is 0 Å². The van der Waals surface area contributed by atoms with Crippen LogP contribution in [-0.4, -0.2) is 18.9 Å². The first kappa shape index (κ1) is 10.2.